The van der Waals surface area contributed by atoms with Crippen molar-refractivity contribution in [1.29, 1.82) is 0 Å². The van der Waals surface area contributed by atoms with Crippen LogP contribution in [0, 0.1) is 0 Å². The quantitative estimate of drug-likeness (QED) is 0.841. The van der Waals surface area contributed by atoms with E-state index in [2.05, 4.69) is 33.8 Å². The van der Waals surface area contributed by atoms with Gasteiger partial charge in [0.25, 0.3) is 0 Å². The molecule has 112 valence electrons. The van der Waals surface area contributed by atoms with Crippen LogP contribution < -0.4 is 5.73 Å². The average molecular weight is 362 g/mol. The van der Waals surface area contributed by atoms with Gasteiger partial charge in [0, 0.05) is 35.2 Å². The number of nitrogens with zero attached hydrogens (tertiary/aromatic N) is 1. The van der Waals surface area contributed by atoms with Crippen LogP contribution in [0.1, 0.15) is 31.4 Å². The van der Waals surface area contributed by atoms with Crippen molar-refractivity contribution in [3.8, 4) is 0 Å². The molecule has 1 aromatic carbocycles. The molecule has 2 rings (SSSR count). The Hall–Kier alpha value is -0.130. The van der Waals surface area contributed by atoms with Crippen molar-refractivity contribution in [2.45, 2.75) is 31.9 Å². The van der Waals surface area contributed by atoms with Crippen LogP contribution in [0.15, 0.2) is 22.7 Å². The monoisotopic (exact) mass is 360 g/mol. The zero-order valence-corrected chi connectivity index (χ0v) is 14.2. The first kappa shape index (κ1) is 16.2. The van der Waals surface area contributed by atoms with Crippen LogP contribution in [-0.2, 0) is 4.74 Å². The number of hydrogen-bond acceptors (Lipinski definition) is 3. The van der Waals surface area contributed by atoms with Crippen LogP contribution in [0.4, 0.5) is 0 Å². The fourth-order valence-electron chi connectivity index (χ4n) is 2.77. The average Bonchev–Trinajstić information content (AvgIpc) is 2.93. The lowest BCUT2D eigenvalue weighted by Gasteiger charge is -2.32. The Balaban J connectivity index is 2.15. The molecule has 0 aromatic heterocycles. The molecule has 1 saturated heterocycles. The summed E-state index contributed by atoms with van der Waals surface area (Å²) in [7, 11) is 0. The van der Waals surface area contributed by atoms with Crippen LogP contribution >= 0.6 is 27.5 Å². The minimum absolute atomic E-state index is 0.191. The first-order valence-corrected chi connectivity index (χ1v) is 8.33. The van der Waals surface area contributed by atoms with Gasteiger partial charge in [-0.3, -0.25) is 4.90 Å². The molecule has 3 nitrogen and oxygen atoms in total. The second kappa shape index (κ2) is 7.76. The summed E-state index contributed by atoms with van der Waals surface area (Å²) in [5.41, 5.74) is 7.22. The number of rotatable bonds is 6. The number of hydrogen-bond donors (Lipinski definition) is 1. The predicted octanol–water partition coefficient (Wildman–Crippen LogP) is 3.60. The van der Waals surface area contributed by atoms with E-state index < -0.39 is 0 Å². The summed E-state index contributed by atoms with van der Waals surface area (Å²) in [6.45, 7) is 5.53. The van der Waals surface area contributed by atoms with Gasteiger partial charge in [0.2, 0.25) is 0 Å². The zero-order chi connectivity index (χ0) is 14.5. The lowest BCUT2D eigenvalue weighted by atomic mass is 10.0. The lowest BCUT2D eigenvalue weighted by Crippen LogP contribution is -2.38. The summed E-state index contributed by atoms with van der Waals surface area (Å²) in [6.07, 6.45) is 2.66. The number of halogens is 2. The van der Waals surface area contributed by atoms with Gasteiger partial charge in [0.15, 0.2) is 0 Å². The van der Waals surface area contributed by atoms with E-state index in [0.717, 1.165) is 35.6 Å². The summed E-state index contributed by atoms with van der Waals surface area (Å²) in [5, 5.41) is 0.735. The SMILES string of the molecule is CCN(CC1CCCO1)C(CN)c1ccc(Cl)cc1Br. The molecule has 1 heterocycles. The first-order chi connectivity index (χ1) is 9.65. The molecule has 1 fully saturated rings. The van der Waals surface area contributed by atoms with Gasteiger partial charge in [-0.2, -0.15) is 0 Å². The van der Waals surface area contributed by atoms with Gasteiger partial charge >= 0.3 is 0 Å². The summed E-state index contributed by atoms with van der Waals surface area (Å²) in [5.74, 6) is 0. The van der Waals surface area contributed by atoms with Crippen molar-refractivity contribution in [2.75, 3.05) is 26.2 Å². The van der Waals surface area contributed by atoms with Crippen molar-refractivity contribution in [3.05, 3.63) is 33.3 Å². The van der Waals surface area contributed by atoms with E-state index in [1.807, 2.05) is 12.1 Å². The molecule has 1 aliphatic heterocycles. The second-order valence-electron chi connectivity index (χ2n) is 5.14. The standard InChI is InChI=1S/C15H22BrClN2O/c1-2-19(10-12-4-3-7-20-12)15(9-18)13-6-5-11(17)8-14(13)16/h5-6,8,12,15H,2-4,7,9-10,18H2,1H3. The molecule has 0 spiro atoms. The lowest BCUT2D eigenvalue weighted by molar-refractivity contribution is 0.0600. The molecule has 20 heavy (non-hydrogen) atoms. The molecule has 0 amide bonds. The van der Waals surface area contributed by atoms with Crippen LogP contribution in [0.5, 0.6) is 0 Å². The molecule has 5 heteroatoms. The van der Waals surface area contributed by atoms with Crippen molar-refractivity contribution in [3.63, 3.8) is 0 Å². The maximum Gasteiger partial charge on any atom is 0.0703 e. The summed E-state index contributed by atoms with van der Waals surface area (Å²) in [6, 6.07) is 6.10. The van der Waals surface area contributed by atoms with Crippen molar-refractivity contribution >= 4 is 27.5 Å². The van der Waals surface area contributed by atoms with E-state index in [1.165, 1.54) is 12.0 Å². The largest absolute Gasteiger partial charge is 0.377 e. The Morgan fingerprint density at radius 3 is 2.90 bits per heavy atom. The van der Waals surface area contributed by atoms with E-state index in [4.69, 9.17) is 22.1 Å². The molecule has 1 aromatic rings. The Labute approximate surface area is 134 Å². The fraction of sp³-hybridized carbons (Fsp3) is 0.600. The molecule has 0 saturated carbocycles. The number of ether oxygens (including phenoxy) is 1. The molecular formula is C15H22BrClN2O. The zero-order valence-electron chi connectivity index (χ0n) is 11.8. The molecule has 2 atom stereocenters. The molecule has 0 aliphatic carbocycles. The normalized spacial score (nSPS) is 20.6. The van der Waals surface area contributed by atoms with Crippen LogP contribution in [-0.4, -0.2) is 37.2 Å². The minimum Gasteiger partial charge on any atom is -0.377 e. The maximum atomic E-state index is 6.03. The van der Waals surface area contributed by atoms with Gasteiger partial charge in [-0.1, -0.05) is 40.5 Å². The molecule has 2 unspecified atom stereocenters. The highest BCUT2D eigenvalue weighted by atomic mass is 79.9. The molecule has 0 bridgehead atoms. The summed E-state index contributed by atoms with van der Waals surface area (Å²) >= 11 is 9.62. The number of nitrogens with two attached hydrogens (primary N) is 1. The highest BCUT2D eigenvalue weighted by molar-refractivity contribution is 9.10. The molecular weight excluding hydrogens is 340 g/mol. The van der Waals surface area contributed by atoms with Crippen LogP contribution in [0.2, 0.25) is 5.02 Å². The molecule has 1 aliphatic rings. The smallest absolute Gasteiger partial charge is 0.0703 e. The Bertz CT molecular complexity index is 438. The van der Waals surface area contributed by atoms with E-state index in [1.54, 1.807) is 0 Å². The maximum absolute atomic E-state index is 6.03. The Morgan fingerprint density at radius 2 is 2.35 bits per heavy atom. The molecule has 2 N–H and O–H groups in total. The summed E-state index contributed by atoms with van der Waals surface area (Å²) in [4.78, 5) is 2.39. The van der Waals surface area contributed by atoms with Gasteiger partial charge in [0.1, 0.15) is 0 Å². The first-order valence-electron chi connectivity index (χ1n) is 7.16. The highest BCUT2D eigenvalue weighted by Crippen LogP contribution is 2.30. The van der Waals surface area contributed by atoms with Crippen molar-refractivity contribution in [1.82, 2.24) is 4.90 Å². The van der Waals surface area contributed by atoms with E-state index >= 15 is 0 Å². The number of likely N-dealkylation sites (N-methyl/N-ethyl adjacent to an activating group) is 1. The van der Waals surface area contributed by atoms with E-state index in [9.17, 15) is 0 Å². The topological polar surface area (TPSA) is 38.5 Å². The Kier molecular flexibility index (Phi) is 6.30. The third-order valence-corrected chi connectivity index (χ3v) is 4.78. The van der Waals surface area contributed by atoms with Crippen molar-refractivity contribution < 1.29 is 4.74 Å². The van der Waals surface area contributed by atoms with Gasteiger partial charge in [0.05, 0.1) is 6.10 Å². The summed E-state index contributed by atoms with van der Waals surface area (Å²) < 4.78 is 6.77. The van der Waals surface area contributed by atoms with E-state index in [-0.39, 0.29) is 6.04 Å². The second-order valence-corrected chi connectivity index (χ2v) is 6.43. The van der Waals surface area contributed by atoms with Gasteiger partial charge in [-0.15, -0.1) is 0 Å². The third-order valence-electron chi connectivity index (χ3n) is 3.85. The van der Waals surface area contributed by atoms with Crippen LogP contribution in [0.3, 0.4) is 0 Å². The fourth-order valence-corrected chi connectivity index (χ4v) is 3.72. The Morgan fingerprint density at radius 1 is 1.55 bits per heavy atom. The van der Waals surface area contributed by atoms with E-state index in [0.29, 0.717) is 12.6 Å². The highest BCUT2D eigenvalue weighted by Gasteiger charge is 2.25. The molecule has 0 radical (unpaired) electrons. The minimum atomic E-state index is 0.191. The van der Waals surface area contributed by atoms with Crippen molar-refractivity contribution in [2.24, 2.45) is 5.73 Å². The third kappa shape index (κ3) is 3.95. The predicted molar refractivity (Wildman–Crippen MR) is 87.2 cm³/mol. The van der Waals surface area contributed by atoms with Gasteiger partial charge in [-0.05, 0) is 37.1 Å². The van der Waals surface area contributed by atoms with Gasteiger partial charge < -0.3 is 10.5 Å². The van der Waals surface area contributed by atoms with Gasteiger partial charge in [-0.25, -0.2) is 0 Å². The van der Waals surface area contributed by atoms with Crippen LogP contribution in [0.25, 0.3) is 0 Å². The number of benzene rings is 1.